The summed E-state index contributed by atoms with van der Waals surface area (Å²) in [5, 5.41) is 10.4. The van der Waals surface area contributed by atoms with E-state index < -0.39 is 0 Å². The van der Waals surface area contributed by atoms with E-state index in [9.17, 15) is 0 Å². The number of hydrazone groups is 1. The van der Waals surface area contributed by atoms with E-state index in [0.29, 0.717) is 6.61 Å². The van der Waals surface area contributed by atoms with Gasteiger partial charge in [0.2, 0.25) is 5.96 Å². The maximum Gasteiger partial charge on any atom is 0.206 e. The topological polar surface area (TPSA) is 83.5 Å². The highest BCUT2D eigenvalue weighted by Crippen LogP contribution is 1.74. The van der Waals surface area contributed by atoms with Gasteiger partial charge < -0.3 is 10.5 Å². The molecule has 4 N–H and O–H groups in total. The normalized spacial score (nSPS) is 11.2. The fraction of sp³-hybridized carbons (Fsp3) is 0.600. The van der Waals surface area contributed by atoms with Crippen LogP contribution in [0, 0.1) is 5.41 Å². The molecule has 0 aromatic carbocycles. The third-order valence-electron chi connectivity index (χ3n) is 0.720. The van der Waals surface area contributed by atoms with Crippen molar-refractivity contribution < 1.29 is 4.74 Å². The van der Waals surface area contributed by atoms with Crippen molar-refractivity contribution in [1.29, 1.82) is 5.41 Å². The minimum absolute atomic E-state index is 0.171. The summed E-state index contributed by atoms with van der Waals surface area (Å²) in [5.41, 5.74) is 8.01. The standard InChI is InChI=1S/C5H12N4O/c1-4(3-10-2)8-9-5(6)7/h3H2,1-2H3,(H4,6,7,9). The van der Waals surface area contributed by atoms with Crippen LogP contribution in [0.5, 0.6) is 0 Å². The van der Waals surface area contributed by atoms with Crippen LogP contribution in [0.1, 0.15) is 6.92 Å². The van der Waals surface area contributed by atoms with E-state index in [-0.39, 0.29) is 5.96 Å². The van der Waals surface area contributed by atoms with E-state index >= 15 is 0 Å². The van der Waals surface area contributed by atoms with Gasteiger partial charge in [0.15, 0.2) is 0 Å². The number of hydrogen-bond donors (Lipinski definition) is 3. The zero-order valence-corrected chi connectivity index (χ0v) is 6.14. The predicted octanol–water partition coefficient (Wildman–Crippen LogP) is -0.508. The first-order valence-corrected chi connectivity index (χ1v) is 2.79. The van der Waals surface area contributed by atoms with Crippen molar-refractivity contribution in [2.75, 3.05) is 13.7 Å². The first kappa shape index (κ1) is 8.90. The average molecular weight is 144 g/mol. The summed E-state index contributed by atoms with van der Waals surface area (Å²) >= 11 is 0. The number of nitrogens with two attached hydrogens (primary N) is 1. The molecular weight excluding hydrogens is 132 g/mol. The first-order chi connectivity index (χ1) is 4.66. The molecule has 5 nitrogen and oxygen atoms in total. The zero-order valence-electron chi connectivity index (χ0n) is 6.14. The Morgan fingerprint density at radius 2 is 2.40 bits per heavy atom. The molecule has 0 aromatic rings. The maximum atomic E-state index is 6.74. The Morgan fingerprint density at radius 3 is 2.80 bits per heavy atom. The molecular formula is C5H12N4O. The van der Waals surface area contributed by atoms with Gasteiger partial charge in [0.1, 0.15) is 0 Å². The molecule has 0 amide bonds. The molecule has 58 valence electrons. The van der Waals surface area contributed by atoms with E-state index in [0.717, 1.165) is 5.71 Å². The summed E-state index contributed by atoms with van der Waals surface area (Å²) in [6.45, 7) is 2.22. The zero-order chi connectivity index (χ0) is 7.98. The van der Waals surface area contributed by atoms with Gasteiger partial charge in [-0.2, -0.15) is 5.10 Å². The molecule has 0 bridgehead atoms. The molecule has 0 aliphatic rings. The van der Waals surface area contributed by atoms with Gasteiger partial charge in [0, 0.05) is 7.11 Å². The number of nitrogens with one attached hydrogen (secondary N) is 2. The minimum Gasteiger partial charge on any atom is -0.379 e. The monoisotopic (exact) mass is 144 g/mol. The van der Waals surface area contributed by atoms with E-state index in [2.05, 4.69) is 10.5 Å². The molecule has 0 saturated heterocycles. The molecule has 0 aliphatic heterocycles. The van der Waals surface area contributed by atoms with Crippen LogP contribution in [0.2, 0.25) is 0 Å². The fourth-order valence-electron chi connectivity index (χ4n) is 0.397. The quantitative estimate of drug-likeness (QED) is 0.283. The molecule has 0 saturated carbocycles. The van der Waals surface area contributed by atoms with E-state index in [1.54, 1.807) is 14.0 Å². The molecule has 5 heteroatoms. The van der Waals surface area contributed by atoms with Crippen LogP contribution in [-0.4, -0.2) is 25.4 Å². The largest absolute Gasteiger partial charge is 0.379 e. The molecule has 0 aromatic heterocycles. The average Bonchev–Trinajstić information content (AvgIpc) is 1.85. The second kappa shape index (κ2) is 4.75. The smallest absolute Gasteiger partial charge is 0.206 e. The second-order valence-corrected chi connectivity index (χ2v) is 1.81. The van der Waals surface area contributed by atoms with Gasteiger partial charge in [-0.05, 0) is 6.92 Å². The van der Waals surface area contributed by atoms with Crippen LogP contribution < -0.4 is 11.2 Å². The summed E-state index contributed by atoms with van der Waals surface area (Å²) in [6.07, 6.45) is 0. The molecule has 0 radical (unpaired) electrons. The van der Waals surface area contributed by atoms with Gasteiger partial charge in [0.25, 0.3) is 0 Å². The number of guanidine groups is 1. The van der Waals surface area contributed by atoms with Crippen molar-refractivity contribution in [3.63, 3.8) is 0 Å². The van der Waals surface area contributed by atoms with Crippen molar-refractivity contribution in [2.45, 2.75) is 6.92 Å². The Bertz CT molecular complexity index is 143. The van der Waals surface area contributed by atoms with Crippen molar-refractivity contribution >= 4 is 11.7 Å². The summed E-state index contributed by atoms with van der Waals surface area (Å²) in [6, 6.07) is 0. The number of rotatable bonds is 3. The lowest BCUT2D eigenvalue weighted by atomic mass is 10.5. The van der Waals surface area contributed by atoms with Crippen LogP contribution in [0.15, 0.2) is 5.10 Å². The van der Waals surface area contributed by atoms with Crippen molar-refractivity contribution in [1.82, 2.24) is 5.43 Å². The predicted molar refractivity (Wildman–Crippen MR) is 40.0 cm³/mol. The Morgan fingerprint density at radius 1 is 1.80 bits per heavy atom. The molecule has 0 fully saturated rings. The molecule has 0 spiro atoms. The highest BCUT2D eigenvalue weighted by molar-refractivity contribution is 5.85. The lowest BCUT2D eigenvalue weighted by Crippen LogP contribution is -2.27. The third-order valence-corrected chi connectivity index (χ3v) is 0.720. The SMILES string of the molecule is COCC(C)=NNC(=N)N. The Kier molecular flexibility index (Phi) is 4.23. The van der Waals surface area contributed by atoms with E-state index in [4.69, 9.17) is 15.9 Å². The highest BCUT2D eigenvalue weighted by atomic mass is 16.5. The summed E-state index contributed by atoms with van der Waals surface area (Å²) in [7, 11) is 1.58. The minimum atomic E-state index is -0.171. The number of methoxy groups -OCH3 is 1. The van der Waals surface area contributed by atoms with Crippen molar-refractivity contribution in [2.24, 2.45) is 10.8 Å². The van der Waals surface area contributed by atoms with E-state index in [1.807, 2.05) is 0 Å². The van der Waals surface area contributed by atoms with Crippen LogP contribution >= 0.6 is 0 Å². The number of ether oxygens (including phenoxy) is 1. The molecule has 0 aliphatic carbocycles. The highest BCUT2D eigenvalue weighted by Gasteiger charge is 1.87. The van der Waals surface area contributed by atoms with Crippen LogP contribution in [0.3, 0.4) is 0 Å². The summed E-state index contributed by atoms with van der Waals surface area (Å²) in [5.74, 6) is -0.171. The van der Waals surface area contributed by atoms with Gasteiger partial charge in [-0.25, -0.2) is 5.43 Å². The van der Waals surface area contributed by atoms with Gasteiger partial charge in [-0.15, -0.1) is 0 Å². The van der Waals surface area contributed by atoms with Gasteiger partial charge in [-0.3, -0.25) is 5.41 Å². The Labute approximate surface area is 59.8 Å². The molecule has 10 heavy (non-hydrogen) atoms. The van der Waals surface area contributed by atoms with E-state index in [1.165, 1.54) is 0 Å². The Hall–Kier alpha value is -1.10. The summed E-state index contributed by atoms with van der Waals surface area (Å²) < 4.78 is 4.75. The first-order valence-electron chi connectivity index (χ1n) is 2.79. The van der Waals surface area contributed by atoms with Gasteiger partial charge in [0.05, 0.1) is 12.3 Å². The molecule has 0 atom stereocenters. The molecule has 0 heterocycles. The molecule has 0 unspecified atom stereocenters. The second-order valence-electron chi connectivity index (χ2n) is 1.81. The van der Waals surface area contributed by atoms with Crippen LogP contribution in [0.25, 0.3) is 0 Å². The fourth-order valence-corrected chi connectivity index (χ4v) is 0.397. The van der Waals surface area contributed by atoms with Crippen molar-refractivity contribution in [3.8, 4) is 0 Å². The number of hydrogen-bond acceptors (Lipinski definition) is 3. The van der Waals surface area contributed by atoms with Crippen LogP contribution in [-0.2, 0) is 4.74 Å². The summed E-state index contributed by atoms with van der Waals surface area (Å²) in [4.78, 5) is 0. The lowest BCUT2D eigenvalue weighted by molar-refractivity contribution is 0.244. The Balaban J connectivity index is 3.57. The van der Waals surface area contributed by atoms with Gasteiger partial charge in [-0.1, -0.05) is 0 Å². The third kappa shape index (κ3) is 5.04. The molecule has 0 rings (SSSR count). The lowest BCUT2D eigenvalue weighted by Gasteiger charge is -1.98. The number of nitrogens with zero attached hydrogens (tertiary/aromatic N) is 1. The van der Waals surface area contributed by atoms with Crippen LogP contribution in [0.4, 0.5) is 0 Å². The maximum absolute atomic E-state index is 6.74. The van der Waals surface area contributed by atoms with Gasteiger partial charge >= 0.3 is 0 Å². The van der Waals surface area contributed by atoms with Crippen molar-refractivity contribution in [3.05, 3.63) is 0 Å².